The number of anilines is 1. The summed E-state index contributed by atoms with van der Waals surface area (Å²) in [6, 6.07) is 6.91. The Bertz CT molecular complexity index is 970. The maximum absolute atomic E-state index is 13.2. The van der Waals surface area contributed by atoms with E-state index in [1.54, 1.807) is 6.20 Å². The van der Waals surface area contributed by atoms with E-state index < -0.39 is 16.6 Å². The van der Waals surface area contributed by atoms with E-state index in [1.807, 2.05) is 0 Å². The van der Waals surface area contributed by atoms with E-state index in [0.717, 1.165) is 0 Å². The molecule has 3 rings (SSSR count). The first-order valence-electron chi connectivity index (χ1n) is 7.21. The number of fused-ring (bicyclic) bond motifs is 1. The standard InChI is InChI=1S/C16H13FN4O4/c1-25-14-4-3-11(6-13(14)21(23)24)19-16(22)7-12-9-20-8-10(17)2-5-15(20)18-12/h2-6,8-9H,7H2,1H3,(H,19,22). The van der Waals surface area contributed by atoms with Gasteiger partial charge in [0.15, 0.2) is 5.75 Å². The van der Waals surface area contributed by atoms with Crippen LogP contribution in [-0.2, 0) is 11.2 Å². The lowest BCUT2D eigenvalue weighted by atomic mass is 10.2. The van der Waals surface area contributed by atoms with Gasteiger partial charge in [-0.25, -0.2) is 9.37 Å². The molecule has 1 aromatic carbocycles. The number of ether oxygens (including phenoxy) is 1. The number of hydrogen-bond donors (Lipinski definition) is 1. The Morgan fingerprint density at radius 2 is 2.16 bits per heavy atom. The lowest BCUT2D eigenvalue weighted by Crippen LogP contribution is -2.14. The van der Waals surface area contributed by atoms with E-state index in [4.69, 9.17) is 4.74 Å². The van der Waals surface area contributed by atoms with Crippen LogP contribution in [0.15, 0.2) is 42.7 Å². The smallest absolute Gasteiger partial charge is 0.312 e. The van der Waals surface area contributed by atoms with Crippen LogP contribution in [0.3, 0.4) is 0 Å². The zero-order valence-corrected chi connectivity index (χ0v) is 13.1. The molecule has 8 nitrogen and oxygen atoms in total. The highest BCUT2D eigenvalue weighted by atomic mass is 19.1. The molecule has 9 heteroatoms. The quantitative estimate of drug-likeness (QED) is 0.566. The molecule has 0 aliphatic carbocycles. The fourth-order valence-corrected chi connectivity index (χ4v) is 2.38. The Labute approximate surface area is 141 Å². The van der Waals surface area contributed by atoms with Gasteiger partial charge in [0.2, 0.25) is 5.91 Å². The van der Waals surface area contributed by atoms with Gasteiger partial charge in [0.1, 0.15) is 11.5 Å². The molecule has 2 aromatic heterocycles. The van der Waals surface area contributed by atoms with E-state index in [-0.39, 0.29) is 23.5 Å². The maximum Gasteiger partial charge on any atom is 0.312 e. The molecule has 2 heterocycles. The summed E-state index contributed by atoms with van der Waals surface area (Å²) in [5.41, 5.74) is 0.992. The summed E-state index contributed by atoms with van der Waals surface area (Å²) in [7, 11) is 1.33. The van der Waals surface area contributed by atoms with Crippen LogP contribution in [-0.4, -0.2) is 27.3 Å². The first kappa shape index (κ1) is 16.4. The number of amides is 1. The van der Waals surface area contributed by atoms with Crippen molar-refractivity contribution >= 4 is 22.9 Å². The van der Waals surface area contributed by atoms with Crippen LogP contribution in [0.2, 0.25) is 0 Å². The number of rotatable bonds is 5. The number of nitrogens with zero attached hydrogens (tertiary/aromatic N) is 3. The van der Waals surface area contributed by atoms with Crippen molar-refractivity contribution in [1.29, 1.82) is 0 Å². The molecule has 1 N–H and O–H groups in total. The average Bonchev–Trinajstić information content (AvgIpc) is 2.95. The Kier molecular flexibility index (Phi) is 4.29. The second-order valence-corrected chi connectivity index (χ2v) is 5.21. The van der Waals surface area contributed by atoms with E-state index in [0.29, 0.717) is 11.3 Å². The van der Waals surface area contributed by atoms with Crippen molar-refractivity contribution in [3.8, 4) is 5.75 Å². The van der Waals surface area contributed by atoms with E-state index in [1.165, 1.54) is 48.0 Å². The molecule has 0 saturated heterocycles. The van der Waals surface area contributed by atoms with Crippen LogP contribution in [0.1, 0.15) is 5.69 Å². The number of methoxy groups -OCH3 is 1. The Morgan fingerprint density at radius 1 is 1.36 bits per heavy atom. The highest BCUT2D eigenvalue weighted by Gasteiger charge is 2.16. The number of nitro groups is 1. The summed E-state index contributed by atoms with van der Waals surface area (Å²) in [5.74, 6) is -0.708. The molecule has 0 saturated carbocycles. The zero-order valence-electron chi connectivity index (χ0n) is 13.1. The van der Waals surface area contributed by atoms with Gasteiger partial charge in [0.05, 0.1) is 24.1 Å². The fraction of sp³-hybridized carbons (Fsp3) is 0.125. The number of carbonyl (C=O) groups excluding carboxylic acids is 1. The normalized spacial score (nSPS) is 10.6. The van der Waals surface area contributed by atoms with Gasteiger partial charge < -0.3 is 14.5 Å². The van der Waals surface area contributed by atoms with Crippen molar-refractivity contribution in [3.63, 3.8) is 0 Å². The molecule has 0 radical (unpaired) electrons. The molecule has 128 valence electrons. The predicted octanol–water partition coefficient (Wildman–Crippen LogP) is 2.57. The molecule has 0 spiro atoms. The number of carbonyl (C=O) groups is 1. The van der Waals surface area contributed by atoms with E-state index in [2.05, 4.69) is 10.3 Å². The molecule has 0 bridgehead atoms. The minimum absolute atomic E-state index is 0.0525. The van der Waals surface area contributed by atoms with Crippen LogP contribution in [0.5, 0.6) is 5.75 Å². The molecular formula is C16H13FN4O4. The van der Waals surface area contributed by atoms with Gasteiger partial charge in [-0.05, 0) is 24.3 Å². The highest BCUT2D eigenvalue weighted by molar-refractivity contribution is 5.92. The SMILES string of the molecule is COc1ccc(NC(=O)Cc2cn3cc(F)ccc3n2)cc1[N+](=O)[O-]. The minimum atomic E-state index is -0.592. The van der Waals surface area contributed by atoms with E-state index in [9.17, 15) is 19.3 Å². The molecule has 0 aliphatic heterocycles. The summed E-state index contributed by atoms with van der Waals surface area (Å²) in [6.07, 6.45) is 2.76. The first-order chi connectivity index (χ1) is 12.0. The topological polar surface area (TPSA) is 98.8 Å². The Balaban J connectivity index is 1.75. The monoisotopic (exact) mass is 344 g/mol. The number of pyridine rings is 1. The third kappa shape index (κ3) is 3.55. The summed E-state index contributed by atoms with van der Waals surface area (Å²) in [4.78, 5) is 26.8. The second-order valence-electron chi connectivity index (χ2n) is 5.21. The summed E-state index contributed by atoms with van der Waals surface area (Å²) in [5, 5.41) is 13.6. The van der Waals surface area contributed by atoms with Gasteiger partial charge in [0.25, 0.3) is 0 Å². The van der Waals surface area contributed by atoms with Crippen LogP contribution < -0.4 is 10.1 Å². The molecule has 3 aromatic rings. The second kappa shape index (κ2) is 6.56. The van der Waals surface area contributed by atoms with Crippen molar-refractivity contribution in [2.75, 3.05) is 12.4 Å². The lowest BCUT2D eigenvalue weighted by molar-refractivity contribution is -0.385. The number of hydrogen-bond acceptors (Lipinski definition) is 5. The number of nitrogens with one attached hydrogen (secondary N) is 1. The molecule has 0 atom stereocenters. The average molecular weight is 344 g/mol. The van der Waals surface area contributed by atoms with Crippen molar-refractivity contribution in [1.82, 2.24) is 9.38 Å². The maximum atomic E-state index is 13.2. The number of benzene rings is 1. The van der Waals surface area contributed by atoms with Gasteiger partial charge in [0, 0.05) is 24.1 Å². The van der Waals surface area contributed by atoms with Gasteiger partial charge in [-0.3, -0.25) is 14.9 Å². The number of aromatic nitrogens is 2. The van der Waals surface area contributed by atoms with Gasteiger partial charge in [-0.1, -0.05) is 0 Å². The third-order valence-electron chi connectivity index (χ3n) is 3.47. The van der Waals surface area contributed by atoms with Crippen LogP contribution >= 0.6 is 0 Å². The van der Waals surface area contributed by atoms with Gasteiger partial charge in [-0.2, -0.15) is 0 Å². The van der Waals surface area contributed by atoms with Crippen molar-refractivity contribution in [2.24, 2.45) is 0 Å². The van der Waals surface area contributed by atoms with Crippen molar-refractivity contribution in [2.45, 2.75) is 6.42 Å². The minimum Gasteiger partial charge on any atom is -0.490 e. The molecule has 25 heavy (non-hydrogen) atoms. The van der Waals surface area contributed by atoms with Crippen molar-refractivity contribution in [3.05, 3.63) is 64.4 Å². The third-order valence-corrected chi connectivity index (χ3v) is 3.47. The number of nitro benzene ring substituents is 1. The van der Waals surface area contributed by atoms with Gasteiger partial charge >= 0.3 is 5.69 Å². The first-order valence-corrected chi connectivity index (χ1v) is 7.21. The van der Waals surface area contributed by atoms with Crippen LogP contribution in [0, 0.1) is 15.9 Å². The summed E-state index contributed by atoms with van der Waals surface area (Å²) < 4.78 is 19.6. The largest absolute Gasteiger partial charge is 0.490 e. The molecular weight excluding hydrogens is 331 g/mol. The zero-order chi connectivity index (χ0) is 18.0. The summed E-state index contributed by atoms with van der Waals surface area (Å²) in [6.45, 7) is 0. The Hall–Kier alpha value is -3.49. The van der Waals surface area contributed by atoms with E-state index >= 15 is 0 Å². The molecule has 0 unspecified atom stereocenters. The fourth-order valence-electron chi connectivity index (χ4n) is 2.38. The highest BCUT2D eigenvalue weighted by Crippen LogP contribution is 2.29. The van der Waals surface area contributed by atoms with Crippen molar-refractivity contribution < 1.29 is 18.8 Å². The molecule has 1 amide bonds. The van der Waals surface area contributed by atoms with Gasteiger partial charge in [-0.15, -0.1) is 0 Å². The molecule has 0 fully saturated rings. The lowest BCUT2D eigenvalue weighted by Gasteiger charge is -2.06. The summed E-state index contributed by atoms with van der Waals surface area (Å²) >= 11 is 0. The molecule has 0 aliphatic rings. The van der Waals surface area contributed by atoms with Crippen LogP contribution in [0.25, 0.3) is 5.65 Å². The number of imidazole rings is 1. The number of halogens is 1. The van der Waals surface area contributed by atoms with Crippen LogP contribution in [0.4, 0.5) is 15.8 Å². The Morgan fingerprint density at radius 3 is 2.88 bits per heavy atom. The predicted molar refractivity (Wildman–Crippen MR) is 87.1 cm³/mol.